The van der Waals surface area contributed by atoms with Crippen LogP contribution in [0.2, 0.25) is 0 Å². The number of hydrogen-bond donors (Lipinski definition) is 0. The van der Waals surface area contributed by atoms with Crippen LogP contribution >= 0.6 is 0 Å². The number of rotatable bonds is 1. The number of alkyl halides is 17. The van der Waals surface area contributed by atoms with Crippen LogP contribution in [-0.4, -0.2) is 66.4 Å². The van der Waals surface area contributed by atoms with Gasteiger partial charge in [0.05, 0.1) is 0 Å². The second-order valence-corrected chi connectivity index (χ2v) is 5.71. The van der Waals surface area contributed by atoms with Crippen LogP contribution in [0.3, 0.4) is 0 Å². The smallest absolute Gasteiger partial charge is 0.241 e. The highest BCUT2D eigenvalue weighted by atomic mass is 19.4. The largest absolute Gasteiger partial charge is 0.384 e. The number of halogens is 17. The fourth-order valence-corrected chi connectivity index (χ4v) is 2.19. The van der Waals surface area contributed by atoms with Crippen LogP contribution in [-0.2, 0) is 0 Å². The molecular formula is C11H5F17. The highest BCUT2D eigenvalue weighted by Gasteiger charge is 2.91. The van der Waals surface area contributed by atoms with Crippen LogP contribution < -0.4 is 0 Å². The van der Waals surface area contributed by atoms with Crippen LogP contribution in [0.25, 0.3) is 0 Å². The van der Waals surface area contributed by atoms with E-state index in [1.165, 1.54) is 0 Å². The SMILES string of the molecule is FC1C(F)C(F)(C(F)F)C(F)C(F)(F)C(F)(F)C(F)(F)C(F)(F)C(F)(F)C1F. The van der Waals surface area contributed by atoms with Crippen LogP contribution in [0.5, 0.6) is 0 Å². The normalized spacial score (nSPS) is 42.2. The lowest BCUT2D eigenvalue weighted by Crippen LogP contribution is -2.76. The third-order valence-corrected chi connectivity index (χ3v) is 4.00. The van der Waals surface area contributed by atoms with Gasteiger partial charge in [-0.25, -0.2) is 30.7 Å². The Balaban J connectivity index is 3.99. The van der Waals surface area contributed by atoms with Crippen molar-refractivity contribution in [2.75, 3.05) is 0 Å². The molecule has 0 aromatic heterocycles. The van der Waals surface area contributed by atoms with Crippen molar-refractivity contribution in [1.82, 2.24) is 0 Å². The maximum absolute atomic E-state index is 13.8. The molecule has 0 heterocycles. The van der Waals surface area contributed by atoms with E-state index in [4.69, 9.17) is 0 Å². The topological polar surface area (TPSA) is 0 Å². The maximum atomic E-state index is 13.8. The average molecular weight is 460 g/mol. The minimum Gasteiger partial charge on any atom is -0.241 e. The lowest BCUT2D eigenvalue weighted by atomic mass is 9.78. The fourth-order valence-electron chi connectivity index (χ4n) is 2.19. The molecule has 28 heavy (non-hydrogen) atoms. The van der Waals surface area contributed by atoms with Crippen LogP contribution in [0.4, 0.5) is 74.6 Å². The van der Waals surface area contributed by atoms with Crippen molar-refractivity contribution >= 4 is 0 Å². The quantitative estimate of drug-likeness (QED) is 0.454. The van der Waals surface area contributed by atoms with Crippen LogP contribution in [0, 0.1) is 0 Å². The molecule has 0 saturated heterocycles. The maximum Gasteiger partial charge on any atom is 0.384 e. The van der Waals surface area contributed by atoms with Gasteiger partial charge in [-0.2, -0.15) is 43.9 Å². The van der Waals surface area contributed by atoms with E-state index in [1.807, 2.05) is 0 Å². The van der Waals surface area contributed by atoms with E-state index in [0.717, 1.165) is 0 Å². The Kier molecular flexibility index (Phi) is 5.68. The Morgan fingerprint density at radius 2 is 0.857 bits per heavy atom. The summed E-state index contributed by atoms with van der Waals surface area (Å²) in [5, 5.41) is 0. The molecule has 0 spiro atoms. The Morgan fingerprint density at radius 1 is 0.500 bits per heavy atom. The molecule has 1 aliphatic rings. The van der Waals surface area contributed by atoms with Gasteiger partial charge in [-0.3, -0.25) is 0 Å². The van der Waals surface area contributed by atoms with Gasteiger partial charge in [-0.15, -0.1) is 0 Å². The van der Waals surface area contributed by atoms with Crippen LogP contribution in [0.1, 0.15) is 0 Å². The standard InChI is InChI=1S/C11H5F17/c12-1-2(13)6(18,5(16)17)4(15)8(21,22)10(25,26)11(27,28)9(23,24)7(19,20)3(1)14/h1-5H. The molecule has 1 aliphatic carbocycles. The van der Waals surface area contributed by atoms with Gasteiger partial charge in [0.25, 0.3) is 6.43 Å². The summed E-state index contributed by atoms with van der Waals surface area (Å²) < 4.78 is 225. The molecule has 5 unspecified atom stereocenters. The summed E-state index contributed by atoms with van der Waals surface area (Å²) in [7, 11) is 0. The minimum atomic E-state index is -8.16. The summed E-state index contributed by atoms with van der Waals surface area (Å²) in [6.07, 6.45) is -28.5. The zero-order chi connectivity index (χ0) is 22.9. The zero-order valence-corrected chi connectivity index (χ0v) is 12.3. The molecule has 1 saturated carbocycles. The average Bonchev–Trinajstić information content (AvgIpc) is 2.56. The number of hydrogen-bond acceptors (Lipinski definition) is 0. The molecule has 0 N–H and O–H groups in total. The van der Waals surface area contributed by atoms with E-state index >= 15 is 0 Å². The summed E-state index contributed by atoms with van der Waals surface area (Å²) in [5.41, 5.74) is -6.62. The molecule has 168 valence electrons. The Morgan fingerprint density at radius 3 is 1.21 bits per heavy atom. The van der Waals surface area contributed by atoms with E-state index in [2.05, 4.69) is 0 Å². The van der Waals surface area contributed by atoms with Gasteiger partial charge >= 0.3 is 29.6 Å². The summed E-state index contributed by atoms with van der Waals surface area (Å²) in [6, 6.07) is 0. The second-order valence-electron chi connectivity index (χ2n) is 5.71. The third-order valence-electron chi connectivity index (χ3n) is 4.00. The molecule has 0 aliphatic heterocycles. The summed E-state index contributed by atoms with van der Waals surface area (Å²) in [4.78, 5) is 0. The van der Waals surface area contributed by atoms with E-state index in [0.29, 0.717) is 0 Å². The first-order valence-corrected chi connectivity index (χ1v) is 6.50. The first-order chi connectivity index (χ1) is 12.1. The zero-order valence-electron chi connectivity index (χ0n) is 12.3. The molecule has 0 bridgehead atoms. The predicted octanol–water partition coefficient (Wildman–Crippen LogP) is 5.50. The third kappa shape index (κ3) is 2.65. The van der Waals surface area contributed by atoms with Crippen molar-refractivity contribution in [3.63, 3.8) is 0 Å². The van der Waals surface area contributed by atoms with Gasteiger partial charge in [0, 0.05) is 0 Å². The molecule has 0 amide bonds. The molecule has 0 radical (unpaired) electrons. The van der Waals surface area contributed by atoms with E-state index in [9.17, 15) is 74.6 Å². The summed E-state index contributed by atoms with van der Waals surface area (Å²) in [5.74, 6) is -39.4. The Bertz CT molecular complexity index is 584. The van der Waals surface area contributed by atoms with E-state index in [1.54, 1.807) is 0 Å². The fraction of sp³-hybridized carbons (Fsp3) is 1.00. The van der Waals surface area contributed by atoms with Crippen molar-refractivity contribution in [1.29, 1.82) is 0 Å². The van der Waals surface area contributed by atoms with E-state index < -0.39 is 66.4 Å². The van der Waals surface area contributed by atoms with Gasteiger partial charge in [0.1, 0.15) is 0 Å². The molecular weight excluding hydrogens is 455 g/mol. The molecule has 0 nitrogen and oxygen atoms in total. The van der Waals surface area contributed by atoms with Gasteiger partial charge in [-0.05, 0) is 0 Å². The summed E-state index contributed by atoms with van der Waals surface area (Å²) >= 11 is 0. The molecule has 0 aromatic carbocycles. The van der Waals surface area contributed by atoms with Crippen LogP contribution in [0.15, 0.2) is 0 Å². The van der Waals surface area contributed by atoms with Crippen molar-refractivity contribution in [3.8, 4) is 0 Å². The Labute approximate surface area is 142 Å². The predicted molar refractivity (Wildman–Crippen MR) is 54.2 cm³/mol. The van der Waals surface area contributed by atoms with Gasteiger partial charge in [-0.1, -0.05) is 0 Å². The highest BCUT2D eigenvalue weighted by molar-refractivity contribution is 5.19. The van der Waals surface area contributed by atoms with Gasteiger partial charge < -0.3 is 0 Å². The second kappa shape index (κ2) is 6.40. The molecule has 1 fully saturated rings. The van der Waals surface area contributed by atoms with Crippen molar-refractivity contribution in [2.24, 2.45) is 0 Å². The van der Waals surface area contributed by atoms with Gasteiger partial charge in [0.2, 0.25) is 18.0 Å². The van der Waals surface area contributed by atoms with Crippen molar-refractivity contribution in [3.05, 3.63) is 0 Å². The molecule has 5 atom stereocenters. The van der Waals surface area contributed by atoms with Gasteiger partial charge in [0.15, 0.2) is 12.3 Å². The minimum absolute atomic E-state index is 5.38. The monoisotopic (exact) mass is 460 g/mol. The molecule has 1 rings (SSSR count). The van der Waals surface area contributed by atoms with Crippen molar-refractivity contribution < 1.29 is 74.6 Å². The first-order valence-electron chi connectivity index (χ1n) is 6.50. The molecule has 0 aromatic rings. The Hall–Kier alpha value is -1.19. The first kappa shape index (κ1) is 24.8. The molecule has 17 heteroatoms. The highest BCUT2D eigenvalue weighted by Crippen LogP contribution is 2.62. The lowest BCUT2D eigenvalue weighted by Gasteiger charge is -2.45. The van der Waals surface area contributed by atoms with E-state index in [-0.39, 0.29) is 0 Å². The van der Waals surface area contributed by atoms with Crippen molar-refractivity contribution in [2.45, 2.75) is 66.4 Å². The summed E-state index contributed by atoms with van der Waals surface area (Å²) in [6.45, 7) is 0. The lowest BCUT2D eigenvalue weighted by molar-refractivity contribution is -0.424.